The van der Waals surface area contributed by atoms with Gasteiger partial charge in [-0.3, -0.25) is 4.79 Å². The predicted octanol–water partition coefficient (Wildman–Crippen LogP) is 4.89. The van der Waals surface area contributed by atoms with Crippen LogP contribution >= 0.6 is 0 Å². The summed E-state index contributed by atoms with van der Waals surface area (Å²) in [5.41, 5.74) is 2.49. The molecule has 2 aromatic heterocycles. The van der Waals surface area contributed by atoms with E-state index in [9.17, 15) is 9.18 Å². The second kappa shape index (κ2) is 11.9. The summed E-state index contributed by atoms with van der Waals surface area (Å²) >= 11 is 0. The van der Waals surface area contributed by atoms with Crippen molar-refractivity contribution in [1.29, 1.82) is 0 Å². The maximum Gasteiger partial charge on any atom is 0.321 e. The van der Waals surface area contributed by atoms with Crippen molar-refractivity contribution in [3.05, 3.63) is 47.1 Å². The summed E-state index contributed by atoms with van der Waals surface area (Å²) in [6.45, 7) is 6.38. The van der Waals surface area contributed by atoms with Gasteiger partial charge in [0.05, 0.1) is 5.56 Å². The van der Waals surface area contributed by atoms with Crippen LogP contribution in [0.2, 0.25) is 0 Å². The smallest absolute Gasteiger partial charge is 0.321 e. The van der Waals surface area contributed by atoms with E-state index in [4.69, 9.17) is 9.26 Å². The van der Waals surface area contributed by atoms with Crippen molar-refractivity contribution in [3.63, 3.8) is 0 Å². The molecule has 41 heavy (non-hydrogen) atoms. The first kappa shape index (κ1) is 27.8. The molecule has 4 aliphatic rings. The van der Waals surface area contributed by atoms with E-state index in [-0.39, 0.29) is 30.0 Å². The van der Waals surface area contributed by atoms with Crippen LogP contribution in [0.5, 0.6) is 0 Å². The zero-order valence-electron chi connectivity index (χ0n) is 24.1. The van der Waals surface area contributed by atoms with Crippen LogP contribution in [0.15, 0.2) is 40.2 Å². The van der Waals surface area contributed by atoms with Crippen LogP contribution < -0.4 is 10.2 Å². The molecule has 6 rings (SSSR count). The van der Waals surface area contributed by atoms with Gasteiger partial charge < -0.3 is 24.4 Å². The van der Waals surface area contributed by atoms with E-state index in [2.05, 4.69) is 37.2 Å². The van der Waals surface area contributed by atoms with Crippen LogP contribution in [-0.2, 0) is 4.74 Å². The number of rotatable bonds is 7. The molecule has 0 radical (unpaired) electrons. The van der Waals surface area contributed by atoms with E-state index < -0.39 is 6.17 Å². The molecule has 1 N–H and O–H groups in total. The van der Waals surface area contributed by atoms with Crippen molar-refractivity contribution < 1.29 is 18.4 Å². The number of nitrogens with one attached hydrogen (secondary N) is 1. The summed E-state index contributed by atoms with van der Waals surface area (Å²) in [4.78, 5) is 30.8. The largest absolute Gasteiger partial charge is 0.370 e. The van der Waals surface area contributed by atoms with Gasteiger partial charge in [0.1, 0.15) is 12.3 Å². The molecule has 4 atom stereocenters. The number of carbonyl (C=O) groups is 1. The number of hydrogen-bond acceptors (Lipinski definition) is 9. The summed E-state index contributed by atoms with van der Waals surface area (Å²) in [6.07, 6.45) is 12.2. The minimum Gasteiger partial charge on any atom is -0.370 e. The van der Waals surface area contributed by atoms with Gasteiger partial charge in [-0.2, -0.15) is 4.98 Å². The summed E-state index contributed by atoms with van der Waals surface area (Å²) in [7, 11) is 1.86. The molecule has 0 aromatic carbocycles. The molecule has 1 saturated carbocycles. The predicted molar refractivity (Wildman–Crippen MR) is 152 cm³/mol. The highest BCUT2D eigenvalue weighted by Gasteiger charge is 2.37. The van der Waals surface area contributed by atoms with Crippen molar-refractivity contribution in [2.75, 3.05) is 37.0 Å². The number of hydrogen-bond donors (Lipinski definition) is 1. The van der Waals surface area contributed by atoms with Crippen molar-refractivity contribution >= 4 is 17.9 Å². The molecule has 0 bridgehead atoms. The summed E-state index contributed by atoms with van der Waals surface area (Å²) in [5, 5.41) is 7.43. The number of alkyl halides is 1. The molecule has 2 aromatic rings. The molecule has 220 valence electrons. The minimum absolute atomic E-state index is 0.0658. The zero-order chi connectivity index (χ0) is 28.5. The second-order valence-corrected chi connectivity index (χ2v) is 12.1. The lowest BCUT2D eigenvalue weighted by molar-refractivity contribution is 0.0691. The van der Waals surface area contributed by atoms with Crippen molar-refractivity contribution in [2.24, 2.45) is 11.8 Å². The average Bonchev–Trinajstić information content (AvgIpc) is 3.76. The first-order valence-electron chi connectivity index (χ1n) is 14.9. The molecule has 2 aliphatic heterocycles. The quantitative estimate of drug-likeness (QED) is 0.502. The molecule has 11 heteroatoms. The molecule has 0 spiro atoms. The second-order valence-electron chi connectivity index (χ2n) is 12.1. The normalized spacial score (nSPS) is 30.2. The van der Waals surface area contributed by atoms with Gasteiger partial charge in [-0.1, -0.05) is 29.8 Å². The summed E-state index contributed by atoms with van der Waals surface area (Å²) < 4.78 is 25.7. The number of anilines is 2. The van der Waals surface area contributed by atoms with E-state index in [1.165, 1.54) is 0 Å². The lowest BCUT2D eigenvalue weighted by Crippen LogP contribution is -2.41. The Labute approximate surface area is 240 Å². The van der Waals surface area contributed by atoms with Gasteiger partial charge in [0, 0.05) is 63.6 Å². The standard InChI is InChI=1S/C30H40FN7O3/c1-18-6-11-25(31)23(13-18)24-17-38(16-19(24)2)29-32-14-20(15-33-29)28(39)37(3)22-9-7-21(8-10-22)34-30-35-27(36-41-30)26-5-4-12-40-26/h6,13-15,19,21-22,24-26H,4-5,7-12,16-17H2,1-3H3,(H,34,35,36). The van der Waals surface area contributed by atoms with Gasteiger partial charge >= 0.3 is 6.01 Å². The Morgan fingerprint density at radius 3 is 2.66 bits per heavy atom. The third-order valence-corrected chi connectivity index (χ3v) is 9.16. The van der Waals surface area contributed by atoms with Crippen LogP contribution in [-0.4, -0.2) is 75.9 Å². The maximum atomic E-state index is 14.7. The third-order valence-electron chi connectivity index (χ3n) is 9.16. The lowest BCUT2D eigenvalue weighted by Gasteiger charge is -2.34. The van der Waals surface area contributed by atoms with Crippen LogP contribution in [0.25, 0.3) is 0 Å². The van der Waals surface area contributed by atoms with Gasteiger partial charge in [0.2, 0.25) is 11.8 Å². The van der Waals surface area contributed by atoms with E-state index >= 15 is 0 Å². The molecule has 2 aliphatic carbocycles. The van der Waals surface area contributed by atoms with E-state index in [0.29, 0.717) is 42.2 Å². The SMILES string of the molecule is CC1=CCC(F)C(C2CN(c3ncc(C(=O)N(C)C4CCC(Nc5nc(C6CCCO6)no5)CC4)cn3)CC2C)=C1. The molecular formula is C30H40FN7O3. The highest BCUT2D eigenvalue weighted by molar-refractivity contribution is 5.93. The number of nitrogens with zero attached hydrogens (tertiary/aromatic N) is 6. The monoisotopic (exact) mass is 565 g/mol. The number of aromatic nitrogens is 4. The van der Waals surface area contributed by atoms with Gasteiger partial charge in [-0.15, -0.1) is 0 Å². The molecule has 1 amide bonds. The highest BCUT2D eigenvalue weighted by Crippen LogP contribution is 2.37. The van der Waals surface area contributed by atoms with Gasteiger partial charge in [-0.05, 0) is 56.9 Å². The molecule has 10 nitrogen and oxygen atoms in total. The van der Waals surface area contributed by atoms with Gasteiger partial charge in [-0.25, -0.2) is 14.4 Å². The zero-order valence-corrected chi connectivity index (χ0v) is 24.1. The molecule has 3 fully saturated rings. The van der Waals surface area contributed by atoms with E-state index in [1.54, 1.807) is 12.4 Å². The molecule has 2 saturated heterocycles. The molecule has 4 heterocycles. The number of halogens is 1. The van der Waals surface area contributed by atoms with Crippen molar-refractivity contribution in [1.82, 2.24) is 25.0 Å². The number of carbonyl (C=O) groups excluding carboxylic acids is 1. The van der Waals surface area contributed by atoms with E-state index in [0.717, 1.165) is 62.8 Å². The minimum atomic E-state index is -0.920. The Hall–Kier alpha value is -3.34. The Morgan fingerprint density at radius 1 is 1.15 bits per heavy atom. The van der Waals surface area contributed by atoms with Crippen LogP contribution in [0.3, 0.4) is 0 Å². The molecular weight excluding hydrogens is 525 g/mol. The molecule has 4 unspecified atom stereocenters. The lowest BCUT2D eigenvalue weighted by atomic mass is 9.83. The van der Waals surface area contributed by atoms with Crippen LogP contribution in [0, 0.1) is 11.8 Å². The number of amides is 1. The Kier molecular flexibility index (Phi) is 8.05. The first-order chi connectivity index (χ1) is 19.9. The van der Waals surface area contributed by atoms with Gasteiger partial charge in [0.15, 0.2) is 0 Å². The third kappa shape index (κ3) is 6.00. The Bertz CT molecular complexity index is 1280. The fraction of sp³-hybridized carbons (Fsp3) is 0.633. The summed E-state index contributed by atoms with van der Waals surface area (Å²) in [6, 6.07) is 0.797. The highest BCUT2D eigenvalue weighted by atomic mass is 19.1. The first-order valence-corrected chi connectivity index (χ1v) is 14.9. The Balaban J connectivity index is 1.00. The van der Waals surface area contributed by atoms with Gasteiger partial charge in [0.25, 0.3) is 5.91 Å². The fourth-order valence-corrected chi connectivity index (χ4v) is 6.69. The van der Waals surface area contributed by atoms with Crippen molar-refractivity contribution in [2.45, 2.75) is 83.2 Å². The maximum absolute atomic E-state index is 14.7. The van der Waals surface area contributed by atoms with Crippen molar-refractivity contribution in [3.8, 4) is 0 Å². The number of ether oxygens (including phenoxy) is 1. The van der Waals surface area contributed by atoms with Crippen LogP contribution in [0.4, 0.5) is 16.4 Å². The summed E-state index contributed by atoms with van der Waals surface area (Å²) in [5.74, 6) is 1.56. The van der Waals surface area contributed by atoms with E-state index in [1.807, 2.05) is 31.0 Å². The number of allylic oxidation sites excluding steroid dienone is 3. The fourth-order valence-electron chi connectivity index (χ4n) is 6.69. The topological polar surface area (TPSA) is 110 Å². The van der Waals surface area contributed by atoms with Crippen LogP contribution in [0.1, 0.15) is 81.1 Å². The Morgan fingerprint density at radius 2 is 1.93 bits per heavy atom. The average molecular weight is 566 g/mol.